The highest BCUT2D eigenvalue weighted by atomic mass is 79.9. The molecule has 0 bridgehead atoms. The lowest BCUT2D eigenvalue weighted by Crippen LogP contribution is -2.28. The van der Waals surface area contributed by atoms with Gasteiger partial charge in [0.1, 0.15) is 4.83 Å². The average Bonchev–Trinajstić information content (AvgIpc) is 3.14. The lowest BCUT2D eigenvalue weighted by Gasteiger charge is -2.34. The van der Waals surface area contributed by atoms with Gasteiger partial charge in [0.25, 0.3) is 5.91 Å². The molecule has 2 heterocycles. The second-order valence-electron chi connectivity index (χ2n) is 9.49. The van der Waals surface area contributed by atoms with Crippen LogP contribution in [0.3, 0.4) is 0 Å². The molecule has 2 aromatic heterocycles. The smallest absolute Gasteiger partial charge is 0.261 e. The van der Waals surface area contributed by atoms with E-state index in [2.05, 4.69) is 48.1 Å². The van der Waals surface area contributed by atoms with Crippen LogP contribution in [0.4, 0.5) is 0 Å². The summed E-state index contributed by atoms with van der Waals surface area (Å²) >= 11 is 4.89. The van der Waals surface area contributed by atoms with Crippen molar-refractivity contribution in [2.45, 2.75) is 52.5 Å². The van der Waals surface area contributed by atoms with Crippen LogP contribution in [0.1, 0.15) is 66.1 Å². The van der Waals surface area contributed by atoms with Crippen molar-refractivity contribution in [3.8, 4) is 0 Å². The molecular weight excluding hydrogens is 472 g/mol. The van der Waals surface area contributed by atoms with Crippen molar-refractivity contribution in [1.82, 2.24) is 10.3 Å². The van der Waals surface area contributed by atoms with E-state index < -0.39 is 0 Å². The molecule has 0 fully saturated rings. The lowest BCUT2D eigenvalue weighted by molar-refractivity contribution is 0.0934. The van der Waals surface area contributed by atoms with Crippen molar-refractivity contribution in [2.24, 2.45) is 11.3 Å². The van der Waals surface area contributed by atoms with Gasteiger partial charge in [-0.1, -0.05) is 48.8 Å². The fourth-order valence-corrected chi connectivity index (χ4v) is 5.55. The van der Waals surface area contributed by atoms with Crippen LogP contribution in [-0.2, 0) is 12.8 Å². The Labute approximate surface area is 196 Å². The minimum Gasteiger partial charge on any atom is -0.396 e. The number of hydrogen-bond donors (Lipinski definition) is 2. The van der Waals surface area contributed by atoms with E-state index in [1.54, 1.807) is 0 Å². The van der Waals surface area contributed by atoms with Crippen molar-refractivity contribution in [3.05, 3.63) is 62.6 Å². The van der Waals surface area contributed by atoms with E-state index in [0.29, 0.717) is 22.6 Å². The number of amides is 1. The number of rotatable bonds is 5. The number of fused-ring (bicyclic) bond motifs is 2. The predicted molar refractivity (Wildman–Crippen MR) is 131 cm³/mol. The van der Waals surface area contributed by atoms with Gasteiger partial charge in [-0.25, -0.2) is 4.98 Å². The molecule has 0 saturated carbocycles. The Morgan fingerprint density at radius 2 is 2.03 bits per heavy atom. The second-order valence-corrected chi connectivity index (χ2v) is 11.4. The normalized spacial score (nSPS) is 17.4. The van der Waals surface area contributed by atoms with Gasteiger partial charge in [-0.2, -0.15) is 0 Å². The average molecular weight is 501 g/mol. The van der Waals surface area contributed by atoms with Gasteiger partial charge in [0, 0.05) is 22.2 Å². The summed E-state index contributed by atoms with van der Waals surface area (Å²) in [5.74, 6) is 0.542. The number of pyridine rings is 1. The first kappa shape index (κ1) is 22.4. The molecule has 2 atom stereocenters. The molecule has 164 valence electrons. The van der Waals surface area contributed by atoms with E-state index in [1.807, 2.05) is 30.3 Å². The Bertz CT molecular complexity index is 1090. The standard InChI is InChI=1S/C25H29BrN2O2S/c1-25(2,3)18-6-9-20-16(13-18)12-17-14-22(31-24(17)28-20)23(30)27-21(10-11-29)15-4-7-19(26)8-5-15/h4-5,7-8,12,14,18,21,29H,6,9-11,13H2,1-3H3,(H,27,30)/t18-,21+/m0/s1. The minimum absolute atomic E-state index is 0.0106. The number of carbonyl (C=O) groups excluding carboxylic acids is 1. The number of hydrogen-bond acceptors (Lipinski definition) is 4. The SMILES string of the molecule is CC(C)(C)[C@H]1CCc2nc3sc(C(=O)N[C@H](CCO)c4ccc(Br)cc4)cc3cc2C1. The number of aryl methyl sites for hydroxylation is 1. The number of halogens is 1. The van der Waals surface area contributed by atoms with Gasteiger partial charge in [-0.05, 0) is 72.4 Å². The van der Waals surface area contributed by atoms with E-state index >= 15 is 0 Å². The Morgan fingerprint density at radius 1 is 1.29 bits per heavy atom. The Kier molecular flexibility index (Phi) is 6.52. The number of aliphatic hydroxyl groups is 1. The number of benzene rings is 1. The third-order valence-electron chi connectivity index (χ3n) is 6.32. The van der Waals surface area contributed by atoms with E-state index in [-0.39, 0.29) is 18.6 Å². The van der Waals surface area contributed by atoms with Crippen LogP contribution in [0.15, 0.2) is 40.9 Å². The summed E-state index contributed by atoms with van der Waals surface area (Å²) in [5.41, 5.74) is 3.79. The Balaban J connectivity index is 1.56. The van der Waals surface area contributed by atoms with E-state index in [4.69, 9.17) is 4.98 Å². The maximum absolute atomic E-state index is 13.0. The molecule has 0 aliphatic heterocycles. The first-order chi connectivity index (χ1) is 14.7. The molecule has 1 aromatic carbocycles. The van der Waals surface area contributed by atoms with E-state index in [1.165, 1.54) is 29.0 Å². The van der Waals surface area contributed by atoms with Gasteiger partial charge in [0.05, 0.1) is 10.9 Å². The van der Waals surface area contributed by atoms with Gasteiger partial charge in [0.2, 0.25) is 0 Å². The summed E-state index contributed by atoms with van der Waals surface area (Å²) in [6.07, 6.45) is 3.71. The van der Waals surface area contributed by atoms with Gasteiger partial charge < -0.3 is 10.4 Å². The Hall–Kier alpha value is -1.76. The van der Waals surface area contributed by atoms with Crippen LogP contribution < -0.4 is 5.32 Å². The molecule has 31 heavy (non-hydrogen) atoms. The molecule has 3 aromatic rings. The number of nitrogens with one attached hydrogen (secondary N) is 1. The highest BCUT2D eigenvalue weighted by molar-refractivity contribution is 9.10. The van der Waals surface area contributed by atoms with Crippen LogP contribution >= 0.6 is 27.3 Å². The highest BCUT2D eigenvalue weighted by Gasteiger charge is 2.29. The molecule has 4 rings (SSSR count). The van der Waals surface area contributed by atoms with Gasteiger partial charge >= 0.3 is 0 Å². The summed E-state index contributed by atoms with van der Waals surface area (Å²) in [6.45, 7) is 6.96. The fraction of sp³-hybridized carbons (Fsp3) is 0.440. The molecule has 6 heteroatoms. The van der Waals surface area contributed by atoms with Crippen LogP contribution in [0.2, 0.25) is 0 Å². The van der Waals surface area contributed by atoms with Crippen LogP contribution in [0, 0.1) is 11.3 Å². The molecule has 4 nitrogen and oxygen atoms in total. The summed E-state index contributed by atoms with van der Waals surface area (Å²) in [4.78, 5) is 19.5. The number of nitrogens with zero attached hydrogens (tertiary/aromatic N) is 1. The third kappa shape index (κ3) is 5.02. The molecule has 0 unspecified atom stereocenters. The second kappa shape index (κ2) is 9.00. The monoisotopic (exact) mass is 500 g/mol. The summed E-state index contributed by atoms with van der Waals surface area (Å²) in [5, 5.41) is 13.6. The molecular formula is C25H29BrN2O2S. The van der Waals surface area contributed by atoms with Crippen LogP contribution in [-0.4, -0.2) is 22.6 Å². The van der Waals surface area contributed by atoms with Gasteiger partial charge in [-0.15, -0.1) is 11.3 Å². The van der Waals surface area contributed by atoms with Gasteiger partial charge in [0.15, 0.2) is 0 Å². The Morgan fingerprint density at radius 3 is 2.71 bits per heavy atom. The molecule has 1 aliphatic carbocycles. The zero-order chi connectivity index (χ0) is 22.2. The van der Waals surface area contributed by atoms with Crippen LogP contribution in [0.25, 0.3) is 10.2 Å². The quantitative estimate of drug-likeness (QED) is 0.447. The van der Waals surface area contributed by atoms with Crippen molar-refractivity contribution < 1.29 is 9.90 Å². The first-order valence-corrected chi connectivity index (χ1v) is 12.4. The van der Waals surface area contributed by atoms with E-state index in [0.717, 1.165) is 33.1 Å². The summed E-state index contributed by atoms with van der Waals surface area (Å²) < 4.78 is 0.985. The topological polar surface area (TPSA) is 62.2 Å². The van der Waals surface area contributed by atoms with E-state index in [9.17, 15) is 9.90 Å². The fourth-order valence-electron chi connectivity index (χ4n) is 4.35. The summed E-state index contributed by atoms with van der Waals surface area (Å²) in [7, 11) is 0. The largest absolute Gasteiger partial charge is 0.396 e. The zero-order valence-corrected chi connectivity index (χ0v) is 20.6. The molecule has 0 spiro atoms. The first-order valence-electron chi connectivity index (χ1n) is 10.8. The maximum atomic E-state index is 13.0. The molecule has 2 N–H and O–H groups in total. The van der Waals surface area contributed by atoms with Crippen molar-refractivity contribution in [1.29, 1.82) is 0 Å². The van der Waals surface area contributed by atoms with Crippen molar-refractivity contribution in [2.75, 3.05) is 6.61 Å². The number of carbonyl (C=O) groups is 1. The predicted octanol–water partition coefficient (Wildman–Crippen LogP) is 6.06. The van der Waals surface area contributed by atoms with Gasteiger partial charge in [-0.3, -0.25) is 4.79 Å². The highest BCUT2D eigenvalue weighted by Crippen LogP contribution is 2.38. The number of thiophene rings is 1. The van der Waals surface area contributed by atoms with Crippen LogP contribution in [0.5, 0.6) is 0 Å². The summed E-state index contributed by atoms with van der Waals surface area (Å²) in [6, 6.07) is 11.8. The maximum Gasteiger partial charge on any atom is 0.261 e. The number of aliphatic hydroxyl groups excluding tert-OH is 1. The van der Waals surface area contributed by atoms with Crippen molar-refractivity contribution in [3.63, 3.8) is 0 Å². The van der Waals surface area contributed by atoms with Crippen molar-refractivity contribution >= 4 is 43.4 Å². The third-order valence-corrected chi connectivity index (χ3v) is 7.89. The zero-order valence-electron chi connectivity index (χ0n) is 18.2. The molecule has 0 radical (unpaired) electrons. The number of aromatic nitrogens is 1. The lowest BCUT2D eigenvalue weighted by atomic mass is 9.71. The molecule has 0 saturated heterocycles. The minimum atomic E-state index is -0.232. The molecule has 1 aliphatic rings. The molecule has 1 amide bonds.